The van der Waals surface area contributed by atoms with Crippen LogP contribution in [0.2, 0.25) is 0 Å². The number of likely N-dealkylation sites (tertiary alicyclic amines) is 1. The van der Waals surface area contributed by atoms with E-state index >= 15 is 4.39 Å². The molecule has 5 rings (SSSR count). The van der Waals surface area contributed by atoms with Gasteiger partial charge in [-0.2, -0.15) is 26.3 Å². The Balaban J connectivity index is 1.66. The average molecular weight is 724 g/mol. The number of sulfone groups is 1. The van der Waals surface area contributed by atoms with Crippen LogP contribution in [0.4, 0.5) is 35.1 Å². The molecule has 1 N–H and O–H groups in total. The van der Waals surface area contributed by atoms with E-state index in [4.69, 9.17) is 0 Å². The lowest BCUT2D eigenvalue weighted by Gasteiger charge is -2.47. The predicted molar refractivity (Wildman–Crippen MR) is 161 cm³/mol. The molecule has 1 saturated carbocycles. The SMILES string of the molecule is CCCC[C@]1(C(=O)N2CC[C@@]3(S(=O)(=O)c4ccc(F)cc4)c4ccc(C(F)(C(F)(F)F)C(F)(F)F)cc4CC[C@@H]23)CC[C@@H](C(=O)O)[C@@H](C)C1. The molecule has 1 amide bonds. The van der Waals surface area contributed by atoms with E-state index in [2.05, 4.69) is 0 Å². The minimum Gasteiger partial charge on any atom is -0.481 e. The Morgan fingerprint density at radius 1 is 0.959 bits per heavy atom. The lowest BCUT2D eigenvalue weighted by molar-refractivity contribution is -0.348. The molecule has 6 nitrogen and oxygen atoms in total. The van der Waals surface area contributed by atoms with Crippen LogP contribution in [-0.4, -0.2) is 55.2 Å². The van der Waals surface area contributed by atoms with E-state index in [0.29, 0.717) is 25.0 Å². The van der Waals surface area contributed by atoms with Gasteiger partial charge in [-0.1, -0.05) is 44.9 Å². The molecular formula is C34H37F8NO5S. The number of amides is 1. The maximum atomic E-state index is 15.1. The number of aryl methyl sites for hydroxylation is 1. The third-order valence-corrected chi connectivity index (χ3v) is 13.6. The molecule has 3 aliphatic rings. The highest BCUT2D eigenvalue weighted by molar-refractivity contribution is 7.92. The van der Waals surface area contributed by atoms with Gasteiger partial charge < -0.3 is 10.0 Å². The lowest BCUT2D eigenvalue weighted by Crippen LogP contribution is -2.56. The van der Waals surface area contributed by atoms with Crippen LogP contribution >= 0.6 is 0 Å². The van der Waals surface area contributed by atoms with Crippen LogP contribution in [0.25, 0.3) is 0 Å². The number of hydrogen-bond acceptors (Lipinski definition) is 4. The molecule has 1 saturated heterocycles. The summed E-state index contributed by atoms with van der Waals surface area (Å²) in [5.74, 6) is -3.17. The molecule has 49 heavy (non-hydrogen) atoms. The molecule has 2 aromatic rings. The molecule has 0 bridgehead atoms. The summed E-state index contributed by atoms with van der Waals surface area (Å²) in [5.41, 5.74) is -8.88. The van der Waals surface area contributed by atoms with Crippen LogP contribution in [0.3, 0.4) is 0 Å². The fourth-order valence-electron chi connectivity index (χ4n) is 8.59. The molecule has 0 radical (unpaired) electrons. The summed E-state index contributed by atoms with van der Waals surface area (Å²) in [6.45, 7) is 3.55. The first-order valence-electron chi connectivity index (χ1n) is 16.2. The van der Waals surface area contributed by atoms with Crippen molar-refractivity contribution in [2.75, 3.05) is 6.54 Å². The highest BCUT2D eigenvalue weighted by atomic mass is 32.2. The third-order valence-electron chi connectivity index (χ3n) is 11.0. The molecule has 0 spiro atoms. The highest BCUT2D eigenvalue weighted by Crippen LogP contribution is 2.58. The zero-order chi connectivity index (χ0) is 36.4. The number of carboxylic acids is 1. The number of fused-ring (bicyclic) bond motifs is 3. The van der Waals surface area contributed by atoms with E-state index in [0.717, 1.165) is 36.8 Å². The van der Waals surface area contributed by atoms with Gasteiger partial charge in [-0.05, 0) is 86.3 Å². The fourth-order valence-corrected chi connectivity index (χ4v) is 11.0. The molecule has 1 aliphatic heterocycles. The van der Waals surface area contributed by atoms with E-state index in [1.807, 2.05) is 6.92 Å². The summed E-state index contributed by atoms with van der Waals surface area (Å²) in [4.78, 5) is 27.7. The van der Waals surface area contributed by atoms with E-state index in [1.165, 1.54) is 4.90 Å². The summed E-state index contributed by atoms with van der Waals surface area (Å²) < 4.78 is 138. The number of carbonyl (C=O) groups is 2. The zero-order valence-electron chi connectivity index (χ0n) is 26.8. The second-order valence-electron chi connectivity index (χ2n) is 13.7. The fraction of sp³-hybridized carbons (Fsp3) is 0.588. The van der Waals surface area contributed by atoms with Crippen molar-refractivity contribution in [3.63, 3.8) is 0 Å². The minimum absolute atomic E-state index is 0.131. The first kappa shape index (κ1) is 37.0. The predicted octanol–water partition coefficient (Wildman–Crippen LogP) is 8.03. The summed E-state index contributed by atoms with van der Waals surface area (Å²) >= 11 is 0. The van der Waals surface area contributed by atoms with Crippen molar-refractivity contribution in [3.8, 4) is 0 Å². The Morgan fingerprint density at radius 2 is 1.59 bits per heavy atom. The number of nitrogens with zero attached hydrogens (tertiary/aromatic N) is 1. The van der Waals surface area contributed by atoms with Crippen LogP contribution in [0.15, 0.2) is 47.4 Å². The van der Waals surface area contributed by atoms with Gasteiger partial charge in [0.2, 0.25) is 5.91 Å². The van der Waals surface area contributed by atoms with Crippen molar-refractivity contribution < 1.29 is 58.2 Å². The summed E-state index contributed by atoms with van der Waals surface area (Å²) in [5, 5.41) is 9.73. The Kier molecular flexibility index (Phi) is 9.46. The summed E-state index contributed by atoms with van der Waals surface area (Å²) in [7, 11) is -4.64. The second kappa shape index (κ2) is 12.5. The van der Waals surface area contributed by atoms with Gasteiger partial charge in [0.25, 0.3) is 0 Å². The molecule has 2 aliphatic carbocycles. The van der Waals surface area contributed by atoms with E-state index in [-0.39, 0.29) is 72.9 Å². The maximum absolute atomic E-state index is 15.1. The molecule has 2 fully saturated rings. The van der Waals surface area contributed by atoms with Gasteiger partial charge in [0, 0.05) is 17.5 Å². The number of carbonyl (C=O) groups excluding carboxylic acids is 1. The molecule has 2 aromatic carbocycles. The minimum atomic E-state index is -6.38. The van der Waals surface area contributed by atoms with Crippen molar-refractivity contribution in [1.29, 1.82) is 0 Å². The average Bonchev–Trinajstić information content (AvgIpc) is 3.43. The Hall–Kier alpha value is -3.23. The number of hydrogen-bond donors (Lipinski definition) is 1. The van der Waals surface area contributed by atoms with Crippen LogP contribution in [0.1, 0.15) is 81.9 Å². The van der Waals surface area contributed by atoms with Gasteiger partial charge in [-0.15, -0.1) is 0 Å². The number of aliphatic carboxylic acids is 1. The second-order valence-corrected chi connectivity index (χ2v) is 15.9. The first-order chi connectivity index (χ1) is 22.7. The van der Waals surface area contributed by atoms with Crippen LogP contribution in [0.5, 0.6) is 0 Å². The lowest BCUT2D eigenvalue weighted by atomic mass is 9.63. The summed E-state index contributed by atoms with van der Waals surface area (Å²) in [6.07, 6.45) is -11.0. The highest BCUT2D eigenvalue weighted by Gasteiger charge is 2.74. The van der Waals surface area contributed by atoms with Crippen molar-refractivity contribution >= 4 is 21.7 Å². The quantitative estimate of drug-likeness (QED) is 0.220. The number of halogens is 8. The van der Waals surface area contributed by atoms with Gasteiger partial charge in [-0.25, -0.2) is 17.2 Å². The Bertz CT molecular complexity index is 1700. The number of rotatable bonds is 8. The van der Waals surface area contributed by atoms with Crippen molar-refractivity contribution in [2.24, 2.45) is 17.3 Å². The largest absolute Gasteiger partial charge is 0.481 e. The van der Waals surface area contributed by atoms with Crippen LogP contribution in [-0.2, 0) is 36.3 Å². The smallest absolute Gasteiger partial charge is 0.435 e. The van der Waals surface area contributed by atoms with Crippen molar-refractivity contribution in [2.45, 2.75) is 105 Å². The van der Waals surface area contributed by atoms with Gasteiger partial charge in [0.15, 0.2) is 9.84 Å². The zero-order valence-corrected chi connectivity index (χ0v) is 27.6. The van der Waals surface area contributed by atoms with Gasteiger partial charge in [0.1, 0.15) is 10.6 Å². The number of carboxylic acid groups (broad SMARTS) is 1. The monoisotopic (exact) mass is 723 g/mol. The molecule has 5 atom stereocenters. The van der Waals surface area contributed by atoms with Gasteiger partial charge >= 0.3 is 24.0 Å². The molecule has 1 heterocycles. The third kappa shape index (κ3) is 5.71. The number of unbranched alkanes of at least 4 members (excludes halogenated alkanes) is 1. The van der Waals surface area contributed by atoms with Crippen LogP contribution in [0, 0.1) is 23.1 Å². The molecule has 270 valence electrons. The van der Waals surface area contributed by atoms with Gasteiger partial charge in [-0.3, -0.25) is 9.59 Å². The Labute approximate surface area is 278 Å². The maximum Gasteiger partial charge on any atom is 0.435 e. The molecule has 15 heteroatoms. The Morgan fingerprint density at radius 3 is 2.14 bits per heavy atom. The van der Waals surface area contributed by atoms with Gasteiger partial charge in [0.05, 0.1) is 16.9 Å². The topological polar surface area (TPSA) is 91.8 Å². The molecular weight excluding hydrogens is 686 g/mol. The van der Waals surface area contributed by atoms with Crippen molar-refractivity contribution in [3.05, 3.63) is 65.0 Å². The number of benzene rings is 2. The van der Waals surface area contributed by atoms with E-state index in [1.54, 1.807) is 6.92 Å². The standard InChI is InChI=1S/C34H37F8NO5S/c1-3-4-14-30(15-13-25(28(44)45)20(2)19-30)29(46)43-17-16-31(49(47,48)24-9-7-23(35)8-10-24)26-11-6-22(18-21(26)5-12-27(31)43)32(36,33(37,38)39)34(40,41)42/h6-11,18,20,25,27H,3-5,12-17,19H2,1-2H3,(H,44,45)/t20-,25+,27+,30-,31+/m0/s1. The van der Waals surface area contributed by atoms with Crippen molar-refractivity contribution in [1.82, 2.24) is 4.90 Å². The van der Waals surface area contributed by atoms with Crippen LogP contribution < -0.4 is 0 Å². The molecule has 0 unspecified atom stereocenters. The van der Waals surface area contributed by atoms with E-state index < -0.39 is 67.3 Å². The van der Waals surface area contributed by atoms with E-state index in [9.17, 15) is 53.8 Å². The molecule has 0 aromatic heterocycles. The first-order valence-corrected chi connectivity index (χ1v) is 17.7. The normalized spacial score (nSPS) is 27.8. The summed E-state index contributed by atoms with van der Waals surface area (Å²) in [6, 6.07) is 4.17. The number of alkyl halides is 7.